The van der Waals surface area contributed by atoms with Crippen LogP contribution in [0.5, 0.6) is 5.75 Å². The van der Waals surface area contributed by atoms with E-state index in [2.05, 4.69) is 42.3 Å². The molecule has 6 nitrogen and oxygen atoms in total. The van der Waals surface area contributed by atoms with Gasteiger partial charge in [0.2, 0.25) is 5.91 Å². The summed E-state index contributed by atoms with van der Waals surface area (Å²) in [4.78, 5) is 29.4. The molecule has 0 bridgehead atoms. The van der Waals surface area contributed by atoms with Gasteiger partial charge in [-0.3, -0.25) is 14.5 Å². The topological polar surface area (TPSA) is 82.4 Å². The molecular formula is C26H33N3O3S. The minimum atomic E-state index is -0.841. The maximum atomic E-state index is 13.3. The van der Waals surface area contributed by atoms with Crippen LogP contribution in [0.15, 0.2) is 53.4 Å². The Balaban J connectivity index is 1.74. The van der Waals surface area contributed by atoms with Crippen molar-refractivity contribution < 1.29 is 14.3 Å². The SMILES string of the molecule is COc1ccc(C(CC(=O)CN2CCC(C#N)C2)C(=O)Nc2ccc(S(C)(C)C)cc2)cc1. The lowest BCUT2D eigenvalue weighted by Gasteiger charge is -2.26. The third kappa shape index (κ3) is 6.83. The summed E-state index contributed by atoms with van der Waals surface area (Å²) in [6.07, 6.45) is 7.58. The normalized spacial score (nSPS) is 17.7. The van der Waals surface area contributed by atoms with E-state index in [1.165, 1.54) is 4.90 Å². The van der Waals surface area contributed by atoms with Crippen LogP contribution in [0.25, 0.3) is 0 Å². The molecule has 1 N–H and O–H groups in total. The molecular weight excluding hydrogens is 434 g/mol. The van der Waals surface area contributed by atoms with Crippen LogP contribution in [0.1, 0.15) is 24.3 Å². The molecule has 0 saturated carbocycles. The molecule has 2 unspecified atom stereocenters. The summed E-state index contributed by atoms with van der Waals surface area (Å²) in [5.74, 6) is -0.136. The van der Waals surface area contributed by atoms with Crippen LogP contribution >= 0.6 is 10.0 Å². The van der Waals surface area contributed by atoms with Crippen LogP contribution in [-0.2, 0) is 9.59 Å². The summed E-state index contributed by atoms with van der Waals surface area (Å²) in [6.45, 7) is 1.62. The average Bonchev–Trinajstić information content (AvgIpc) is 3.24. The van der Waals surface area contributed by atoms with E-state index in [1.807, 2.05) is 29.2 Å². The number of anilines is 1. The Kier molecular flexibility index (Phi) is 8.17. The van der Waals surface area contributed by atoms with Gasteiger partial charge >= 0.3 is 0 Å². The quantitative estimate of drug-likeness (QED) is 0.595. The minimum absolute atomic E-state index is 0.00348. The third-order valence-corrected chi connectivity index (χ3v) is 7.64. The smallest absolute Gasteiger partial charge is 0.232 e. The van der Waals surface area contributed by atoms with Crippen LogP contribution in [0.4, 0.5) is 5.69 Å². The second-order valence-electron chi connectivity index (χ2n) is 9.27. The molecule has 0 aromatic heterocycles. The highest BCUT2D eigenvalue weighted by Gasteiger charge is 2.28. The van der Waals surface area contributed by atoms with Gasteiger partial charge in [-0.1, -0.05) is 12.1 Å². The Morgan fingerprint density at radius 2 is 1.82 bits per heavy atom. The molecule has 2 aromatic rings. The average molecular weight is 468 g/mol. The molecule has 176 valence electrons. The molecule has 1 saturated heterocycles. The minimum Gasteiger partial charge on any atom is -0.497 e. The van der Waals surface area contributed by atoms with Crippen molar-refractivity contribution >= 4 is 27.4 Å². The van der Waals surface area contributed by atoms with Crippen molar-refractivity contribution in [1.29, 1.82) is 5.26 Å². The summed E-state index contributed by atoms with van der Waals surface area (Å²) in [5.41, 5.74) is 1.49. The molecule has 1 heterocycles. The summed E-state index contributed by atoms with van der Waals surface area (Å²) < 4.78 is 5.24. The van der Waals surface area contributed by atoms with Crippen LogP contribution in [-0.4, -0.2) is 62.1 Å². The molecule has 2 atom stereocenters. The number of hydrogen-bond acceptors (Lipinski definition) is 5. The number of nitrogens with zero attached hydrogens (tertiary/aromatic N) is 2. The lowest BCUT2D eigenvalue weighted by atomic mass is 9.92. The fourth-order valence-electron chi connectivity index (χ4n) is 4.00. The van der Waals surface area contributed by atoms with E-state index in [-0.39, 0.29) is 30.6 Å². The van der Waals surface area contributed by atoms with Gasteiger partial charge in [0.05, 0.1) is 31.6 Å². The Morgan fingerprint density at radius 3 is 2.36 bits per heavy atom. The third-order valence-electron chi connectivity index (χ3n) is 5.95. The number of methoxy groups -OCH3 is 1. The molecule has 2 aromatic carbocycles. The van der Waals surface area contributed by atoms with Crippen molar-refractivity contribution in [1.82, 2.24) is 4.90 Å². The van der Waals surface area contributed by atoms with E-state index in [9.17, 15) is 9.59 Å². The second-order valence-corrected chi connectivity index (χ2v) is 13.4. The van der Waals surface area contributed by atoms with Gasteiger partial charge in [0.15, 0.2) is 0 Å². The van der Waals surface area contributed by atoms with Crippen LogP contribution < -0.4 is 10.1 Å². The number of Topliss-reactive ketones (excluding diaryl/α,β-unsaturated/α-hetero) is 1. The largest absolute Gasteiger partial charge is 0.497 e. The molecule has 1 fully saturated rings. The number of nitriles is 1. The van der Waals surface area contributed by atoms with E-state index in [0.29, 0.717) is 12.3 Å². The number of hydrogen-bond donors (Lipinski definition) is 1. The number of ether oxygens (including phenoxy) is 1. The van der Waals surface area contributed by atoms with Crippen molar-refractivity contribution in [3.63, 3.8) is 0 Å². The van der Waals surface area contributed by atoms with Gasteiger partial charge in [0.1, 0.15) is 11.5 Å². The summed E-state index contributed by atoms with van der Waals surface area (Å²) in [5, 5.41) is 12.1. The summed E-state index contributed by atoms with van der Waals surface area (Å²) >= 11 is 0. The van der Waals surface area contributed by atoms with Gasteiger partial charge in [0.25, 0.3) is 0 Å². The predicted octanol–water partition coefficient (Wildman–Crippen LogP) is 4.28. The predicted molar refractivity (Wildman–Crippen MR) is 134 cm³/mol. The first-order chi connectivity index (χ1) is 15.7. The number of nitrogens with one attached hydrogen (secondary N) is 1. The molecule has 0 aliphatic carbocycles. The van der Waals surface area contributed by atoms with Gasteiger partial charge in [-0.2, -0.15) is 5.26 Å². The lowest BCUT2D eigenvalue weighted by Crippen LogP contribution is -2.31. The Labute approximate surface area is 198 Å². The van der Waals surface area contributed by atoms with E-state index < -0.39 is 15.9 Å². The van der Waals surface area contributed by atoms with Crippen LogP contribution in [0.2, 0.25) is 0 Å². The van der Waals surface area contributed by atoms with Gasteiger partial charge in [-0.05, 0) is 78.6 Å². The number of benzene rings is 2. The number of rotatable bonds is 9. The van der Waals surface area contributed by atoms with Crippen molar-refractivity contribution in [3.8, 4) is 11.8 Å². The molecule has 1 aliphatic heterocycles. The highest BCUT2D eigenvalue weighted by molar-refractivity contribution is 8.32. The Hall–Kier alpha value is -2.82. The summed E-state index contributed by atoms with van der Waals surface area (Å²) in [7, 11) is 0.752. The lowest BCUT2D eigenvalue weighted by molar-refractivity contribution is -0.124. The second kappa shape index (κ2) is 10.9. The zero-order chi connectivity index (χ0) is 24.0. The molecule has 7 heteroatoms. The number of ketones is 1. The molecule has 3 rings (SSSR count). The van der Waals surface area contributed by atoms with Gasteiger partial charge in [-0.15, -0.1) is 0 Å². The molecule has 33 heavy (non-hydrogen) atoms. The zero-order valence-electron chi connectivity index (χ0n) is 19.8. The molecule has 1 amide bonds. The maximum Gasteiger partial charge on any atom is 0.232 e. The number of carbonyl (C=O) groups is 2. The van der Waals surface area contributed by atoms with E-state index in [0.717, 1.165) is 24.2 Å². The van der Waals surface area contributed by atoms with Crippen molar-refractivity contribution in [2.45, 2.75) is 23.7 Å². The van der Waals surface area contributed by atoms with Crippen molar-refractivity contribution in [3.05, 3.63) is 54.1 Å². The number of carbonyl (C=O) groups excluding carboxylic acids is 2. The number of likely N-dealkylation sites (tertiary alicyclic amines) is 1. The Bertz CT molecular complexity index is 1010. The molecule has 1 aliphatic rings. The van der Waals surface area contributed by atoms with Crippen molar-refractivity contribution in [2.24, 2.45) is 5.92 Å². The first-order valence-corrected chi connectivity index (χ1v) is 13.9. The standard InChI is InChI=1S/C26H33N3O3S/c1-32-23-9-5-20(6-10-23)25(15-22(30)18-29-14-13-19(16-27)17-29)26(31)28-21-7-11-24(12-8-21)33(2,3)4/h5-12,19,25H,13-15,17-18H2,1-4H3,(H,28,31). The first-order valence-electron chi connectivity index (χ1n) is 11.1. The van der Waals surface area contributed by atoms with E-state index >= 15 is 0 Å². The van der Waals surface area contributed by atoms with E-state index in [1.54, 1.807) is 19.2 Å². The fraction of sp³-hybridized carbons (Fsp3) is 0.423. The highest BCUT2D eigenvalue weighted by Crippen LogP contribution is 2.45. The van der Waals surface area contributed by atoms with Crippen LogP contribution in [0, 0.1) is 17.2 Å². The highest BCUT2D eigenvalue weighted by atomic mass is 32.3. The maximum absolute atomic E-state index is 13.3. The monoisotopic (exact) mass is 467 g/mol. The van der Waals surface area contributed by atoms with Crippen LogP contribution in [0.3, 0.4) is 0 Å². The fourth-order valence-corrected chi connectivity index (χ4v) is 4.95. The Morgan fingerprint density at radius 1 is 1.15 bits per heavy atom. The van der Waals surface area contributed by atoms with Gasteiger partial charge in [-0.25, -0.2) is 10.0 Å². The zero-order valence-corrected chi connectivity index (χ0v) is 20.7. The molecule has 0 spiro atoms. The molecule has 0 radical (unpaired) electrons. The van der Waals surface area contributed by atoms with Gasteiger partial charge in [0, 0.05) is 18.7 Å². The van der Waals surface area contributed by atoms with Crippen molar-refractivity contribution in [2.75, 3.05) is 50.8 Å². The summed E-state index contributed by atoms with van der Waals surface area (Å²) in [6, 6.07) is 17.5. The van der Waals surface area contributed by atoms with Gasteiger partial charge < -0.3 is 10.1 Å². The number of amides is 1. The van der Waals surface area contributed by atoms with E-state index in [4.69, 9.17) is 10.00 Å². The first kappa shape index (κ1) is 24.8.